The maximum absolute atomic E-state index is 12.0. The van der Waals surface area contributed by atoms with Crippen molar-refractivity contribution < 1.29 is 9.53 Å². The van der Waals surface area contributed by atoms with E-state index in [4.69, 9.17) is 4.74 Å². The van der Waals surface area contributed by atoms with Crippen LogP contribution >= 0.6 is 0 Å². The second-order valence-corrected chi connectivity index (χ2v) is 5.93. The fraction of sp³-hybridized carbons (Fsp3) is 0.929. The van der Waals surface area contributed by atoms with E-state index in [1.807, 2.05) is 20.8 Å². The highest BCUT2D eigenvalue weighted by Crippen LogP contribution is 2.21. The molecular formula is C14H27NO2. The third-order valence-electron chi connectivity index (χ3n) is 3.09. The second kappa shape index (κ2) is 6.39. The first-order valence-electron chi connectivity index (χ1n) is 6.91. The highest BCUT2D eigenvalue weighted by atomic mass is 16.6. The third-order valence-corrected chi connectivity index (χ3v) is 3.09. The molecule has 100 valence electrons. The minimum absolute atomic E-state index is 0.00563. The normalized spacial score (nSPS) is 21.8. The number of likely N-dealkylation sites (tertiary alicyclic amines) is 1. The Morgan fingerprint density at radius 3 is 2.65 bits per heavy atom. The number of unbranched alkanes of at least 4 members (excludes halogenated alkanes) is 2. The van der Waals surface area contributed by atoms with Gasteiger partial charge in [-0.25, -0.2) is 0 Å². The number of rotatable bonds is 5. The van der Waals surface area contributed by atoms with Gasteiger partial charge in [-0.15, -0.1) is 0 Å². The van der Waals surface area contributed by atoms with Crippen LogP contribution in [-0.4, -0.2) is 35.6 Å². The van der Waals surface area contributed by atoms with Gasteiger partial charge in [0.05, 0.1) is 0 Å². The van der Waals surface area contributed by atoms with Crippen LogP contribution in [0.3, 0.4) is 0 Å². The molecule has 0 aromatic heterocycles. The van der Waals surface area contributed by atoms with Crippen LogP contribution in [0.2, 0.25) is 0 Å². The van der Waals surface area contributed by atoms with Gasteiger partial charge in [-0.1, -0.05) is 19.8 Å². The Labute approximate surface area is 106 Å². The predicted molar refractivity (Wildman–Crippen MR) is 70.0 cm³/mol. The molecule has 0 saturated carbocycles. The van der Waals surface area contributed by atoms with E-state index in [-0.39, 0.29) is 17.6 Å². The standard InChI is InChI=1S/C14H27NO2/c1-5-6-7-10-15-11-8-9-12(15)13(16)17-14(2,3)4/h12H,5-11H2,1-4H3/t12-/m0/s1. The van der Waals surface area contributed by atoms with Gasteiger partial charge in [0.1, 0.15) is 11.6 Å². The molecule has 0 bridgehead atoms. The minimum Gasteiger partial charge on any atom is -0.459 e. The van der Waals surface area contributed by atoms with Crippen LogP contribution in [0.1, 0.15) is 59.8 Å². The lowest BCUT2D eigenvalue weighted by Crippen LogP contribution is -2.40. The Bertz CT molecular complexity index is 245. The number of carbonyl (C=O) groups is 1. The number of ether oxygens (including phenoxy) is 1. The molecule has 0 unspecified atom stereocenters. The van der Waals surface area contributed by atoms with Gasteiger partial charge in [0.15, 0.2) is 0 Å². The molecule has 1 atom stereocenters. The van der Waals surface area contributed by atoms with E-state index in [9.17, 15) is 4.79 Å². The smallest absolute Gasteiger partial charge is 0.323 e. The van der Waals surface area contributed by atoms with E-state index in [0.29, 0.717) is 0 Å². The van der Waals surface area contributed by atoms with Crippen LogP contribution in [-0.2, 0) is 9.53 Å². The Hall–Kier alpha value is -0.570. The van der Waals surface area contributed by atoms with Crippen molar-refractivity contribution in [2.75, 3.05) is 13.1 Å². The van der Waals surface area contributed by atoms with Crippen LogP contribution in [0.5, 0.6) is 0 Å². The summed E-state index contributed by atoms with van der Waals surface area (Å²) in [7, 11) is 0. The lowest BCUT2D eigenvalue weighted by atomic mass is 10.1. The molecule has 0 aliphatic carbocycles. The Kier molecular flexibility index (Phi) is 5.44. The third kappa shape index (κ3) is 5.07. The van der Waals surface area contributed by atoms with E-state index in [2.05, 4.69) is 11.8 Å². The van der Waals surface area contributed by atoms with Gasteiger partial charge in [-0.3, -0.25) is 9.69 Å². The zero-order chi connectivity index (χ0) is 12.9. The topological polar surface area (TPSA) is 29.5 Å². The van der Waals surface area contributed by atoms with Crippen molar-refractivity contribution >= 4 is 5.97 Å². The molecule has 3 nitrogen and oxygen atoms in total. The lowest BCUT2D eigenvalue weighted by molar-refractivity contribution is -0.160. The van der Waals surface area contributed by atoms with Crippen LogP contribution in [0.25, 0.3) is 0 Å². The zero-order valence-corrected chi connectivity index (χ0v) is 11.8. The molecule has 1 saturated heterocycles. The van der Waals surface area contributed by atoms with Gasteiger partial charge >= 0.3 is 5.97 Å². The monoisotopic (exact) mass is 241 g/mol. The van der Waals surface area contributed by atoms with Crippen LogP contribution in [0.15, 0.2) is 0 Å². The first-order chi connectivity index (χ1) is 7.94. The molecule has 0 amide bonds. The van der Waals surface area contributed by atoms with E-state index in [1.165, 1.54) is 19.3 Å². The molecule has 1 aliphatic heterocycles. The Morgan fingerprint density at radius 1 is 1.35 bits per heavy atom. The van der Waals surface area contributed by atoms with Gasteiger partial charge in [-0.2, -0.15) is 0 Å². The summed E-state index contributed by atoms with van der Waals surface area (Å²) in [6, 6.07) is 0.00563. The van der Waals surface area contributed by atoms with Gasteiger partial charge < -0.3 is 4.74 Å². The maximum Gasteiger partial charge on any atom is 0.323 e. The highest BCUT2D eigenvalue weighted by molar-refractivity contribution is 5.76. The van der Waals surface area contributed by atoms with Crippen LogP contribution in [0, 0.1) is 0 Å². The summed E-state index contributed by atoms with van der Waals surface area (Å²) in [6.45, 7) is 10.1. The zero-order valence-electron chi connectivity index (χ0n) is 11.8. The summed E-state index contributed by atoms with van der Waals surface area (Å²) in [5.41, 5.74) is -0.366. The van der Waals surface area contributed by atoms with E-state index >= 15 is 0 Å². The lowest BCUT2D eigenvalue weighted by Gasteiger charge is -2.27. The molecule has 1 fully saturated rings. The van der Waals surface area contributed by atoms with Gasteiger partial charge in [0, 0.05) is 0 Å². The van der Waals surface area contributed by atoms with Crippen molar-refractivity contribution in [3.05, 3.63) is 0 Å². The summed E-state index contributed by atoms with van der Waals surface area (Å²) >= 11 is 0. The predicted octanol–water partition coefficient (Wildman–Crippen LogP) is 2.98. The SMILES string of the molecule is CCCCCN1CCC[C@H]1C(=O)OC(C)(C)C. The number of hydrogen-bond donors (Lipinski definition) is 0. The molecule has 3 heteroatoms. The maximum atomic E-state index is 12.0. The number of esters is 1. The number of carbonyl (C=O) groups excluding carboxylic acids is 1. The van der Waals surface area contributed by atoms with Crippen molar-refractivity contribution in [2.45, 2.75) is 71.4 Å². The molecule has 17 heavy (non-hydrogen) atoms. The van der Waals surface area contributed by atoms with Crippen molar-refractivity contribution in [1.29, 1.82) is 0 Å². The molecule has 0 aromatic rings. The molecule has 0 spiro atoms. The average molecular weight is 241 g/mol. The average Bonchev–Trinajstić information content (AvgIpc) is 2.64. The Morgan fingerprint density at radius 2 is 2.06 bits per heavy atom. The van der Waals surface area contributed by atoms with Crippen molar-refractivity contribution in [2.24, 2.45) is 0 Å². The number of nitrogens with zero attached hydrogens (tertiary/aromatic N) is 1. The fourth-order valence-electron chi connectivity index (χ4n) is 2.30. The first kappa shape index (κ1) is 14.5. The Balaban J connectivity index is 2.42. The number of hydrogen-bond acceptors (Lipinski definition) is 3. The first-order valence-corrected chi connectivity index (χ1v) is 6.91. The molecule has 1 heterocycles. The van der Waals surface area contributed by atoms with E-state index in [1.54, 1.807) is 0 Å². The largest absolute Gasteiger partial charge is 0.459 e. The molecule has 0 aromatic carbocycles. The van der Waals surface area contributed by atoms with E-state index in [0.717, 1.165) is 25.9 Å². The molecule has 1 rings (SSSR count). The fourth-order valence-corrected chi connectivity index (χ4v) is 2.30. The summed E-state index contributed by atoms with van der Waals surface area (Å²) in [5.74, 6) is -0.0356. The molecule has 1 aliphatic rings. The molecule has 0 N–H and O–H groups in total. The van der Waals surface area contributed by atoms with Crippen molar-refractivity contribution in [3.8, 4) is 0 Å². The van der Waals surface area contributed by atoms with Crippen LogP contribution in [0.4, 0.5) is 0 Å². The van der Waals surface area contributed by atoms with E-state index < -0.39 is 0 Å². The molecular weight excluding hydrogens is 214 g/mol. The van der Waals surface area contributed by atoms with Gasteiger partial charge in [0.2, 0.25) is 0 Å². The van der Waals surface area contributed by atoms with Gasteiger partial charge in [-0.05, 0) is 53.1 Å². The van der Waals surface area contributed by atoms with Crippen LogP contribution < -0.4 is 0 Å². The molecule has 0 radical (unpaired) electrons. The van der Waals surface area contributed by atoms with Gasteiger partial charge in [0.25, 0.3) is 0 Å². The quantitative estimate of drug-likeness (QED) is 0.547. The summed E-state index contributed by atoms with van der Waals surface area (Å²) in [4.78, 5) is 14.3. The van der Waals surface area contributed by atoms with Crippen molar-refractivity contribution in [1.82, 2.24) is 4.90 Å². The summed E-state index contributed by atoms with van der Waals surface area (Å²) < 4.78 is 5.48. The minimum atomic E-state index is -0.366. The summed E-state index contributed by atoms with van der Waals surface area (Å²) in [5, 5.41) is 0. The second-order valence-electron chi connectivity index (χ2n) is 5.93. The van der Waals surface area contributed by atoms with Crippen molar-refractivity contribution in [3.63, 3.8) is 0 Å². The summed E-state index contributed by atoms with van der Waals surface area (Å²) in [6.07, 6.45) is 5.75. The highest BCUT2D eigenvalue weighted by Gasteiger charge is 2.33.